The molecule has 0 spiro atoms. The maximum absolute atomic E-state index is 13.2. The molecule has 0 aromatic carbocycles. The van der Waals surface area contributed by atoms with Crippen molar-refractivity contribution in [1.29, 1.82) is 0 Å². The van der Waals surface area contributed by atoms with Gasteiger partial charge in [0, 0.05) is 6.42 Å². The minimum Gasteiger partial charge on any atom is -0.394 e. The molecule has 0 bridgehead atoms. The lowest BCUT2D eigenvalue weighted by Crippen LogP contribution is -2.60. The van der Waals surface area contributed by atoms with Crippen molar-refractivity contribution in [3.63, 3.8) is 0 Å². The van der Waals surface area contributed by atoms with Gasteiger partial charge in [0.1, 0.15) is 24.4 Å². The fourth-order valence-electron chi connectivity index (χ4n) is 12.1. The van der Waals surface area contributed by atoms with Crippen molar-refractivity contribution in [3.05, 3.63) is 24.3 Å². The Balaban J connectivity index is 2.06. The van der Waals surface area contributed by atoms with Gasteiger partial charge in [-0.2, -0.15) is 0 Å². The van der Waals surface area contributed by atoms with E-state index in [1.807, 2.05) is 0 Å². The van der Waals surface area contributed by atoms with Crippen LogP contribution in [-0.2, 0) is 14.3 Å². The third kappa shape index (κ3) is 50.8. The lowest BCUT2D eigenvalue weighted by molar-refractivity contribution is -0.302. The summed E-state index contributed by atoms with van der Waals surface area (Å²) in [6.07, 6.45) is 75.5. The first kappa shape index (κ1) is 78.7. The molecule has 0 aliphatic carbocycles. The quantitative estimate of drug-likeness (QED) is 0.0261. The summed E-state index contributed by atoms with van der Waals surface area (Å²) in [6.45, 7) is 3.90. The summed E-state index contributed by atoms with van der Waals surface area (Å²) in [4.78, 5) is 13.2. The Morgan fingerprint density at radius 3 is 1.05 bits per heavy atom. The molecule has 0 saturated carbocycles. The Kier molecular flexibility index (Phi) is 60.2. The predicted octanol–water partition coefficient (Wildman–Crippen LogP) is 20.0. The zero-order chi connectivity index (χ0) is 59.3. The lowest BCUT2D eigenvalue weighted by atomic mass is 9.99. The van der Waals surface area contributed by atoms with Crippen molar-refractivity contribution in [2.45, 2.75) is 423 Å². The number of aliphatic hydroxyl groups is 5. The molecule has 1 rings (SSSR count). The number of nitrogens with one attached hydrogen (secondary N) is 1. The van der Waals surface area contributed by atoms with Gasteiger partial charge in [-0.05, 0) is 44.9 Å². The third-order valence-electron chi connectivity index (χ3n) is 17.8. The molecule has 1 fully saturated rings. The zero-order valence-electron chi connectivity index (χ0n) is 54.5. The van der Waals surface area contributed by atoms with Crippen LogP contribution in [0.25, 0.3) is 0 Å². The van der Waals surface area contributed by atoms with E-state index >= 15 is 0 Å². The second kappa shape index (κ2) is 62.7. The number of ether oxygens (including phenoxy) is 2. The molecule has 0 aromatic heterocycles. The summed E-state index contributed by atoms with van der Waals surface area (Å²) in [5, 5.41) is 54.9. The summed E-state index contributed by atoms with van der Waals surface area (Å²) in [5.41, 5.74) is 0. The summed E-state index contributed by atoms with van der Waals surface area (Å²) in [6, 6.07) is -0.718. The summed E-state index contributed by atoms with van der Waals surface area (Å²) < 4.78 is 11.4. The van der Waals surface area contributed by atoms with Gasteiger partial charge >= 0.3 is 0 Å². The van der Waals surface area contributed by atoms with Gasteiger partial charge in [-0.25, -0.2) is 0 Å². The maximum atomic E-state index is 13.2. The zero-order valence-corrected chi connectivity index (χ0v) is 54.5. The normalized spacial score (nSPS) is 18.4. The maximum Gasteiger partial charge on any atom is 0.220 e. The fraction of sp³-hybridized carbons (Fsp3) is 0.932. The number of allylic oxidation sites excluding steroid dienone is 4. The fourth-order valence-corrected chi connectivity index (χ4v) is 12.1. The first-order valence-electron chi connectivity index (χ1n) is 36.5. The minimum atomic E-state index is -1.55. The van der Waals surface area contributed by atoms with Crippen LogP contribution in [0.15, 0.2) is 24.3 Å². The van der Waals surface area contributed by atoms with E-state index in [1.54, 1.807) is 0 Å². The highest BCUT2D eigenvalue weighted by Crippen LogP contribution is 2.24. The van der Waals surface area contributed by atoms with Crippen LogP contribution in [0.1, 0.15) is 380 Å². The molecule has 1 aliphatic heterocycles. The molecule has 1 amide bonds. The van der Waals surface area contributed by atoms with E-state index in [0.717, 1.165) is 44.9 Å². The van der Waals surface area contributed by atoms with Crippen molar-refractivity contribution in [3.8, 4) is 0 Å². The average Bonchev–Trinajstić information content (AvgIpc) is 3.59. The van der Waals surface area contributed by atoms with Gasteiger partial charge in [0.25, 0.3) is 0 Å². The minimum absolute atomic E-state index is 0.133. The Morgan fingerprint density at radius 1 is 0.415 bits per heavy atom. The summed E-state index contributed by atoms with van der Waals surface area (Å²) in [7, 11) is 0. The van der Waals surface area contributed by atoms with Crippen LogP contribution in [0.5, 0.6) is 0 Å². The monoisotopic (exact) mass is 1160 g/mol. The number of carbonyl (C=O) groups is 1. The van der Waals surface area contributed by atoms with E-state index < -0.39 is 49.5 Å². The molecule has 0 radical (unpaired) electrons. The first-order valence-corrected chi connectivity index (χ1v) is 36.5. The number of rotatable bonds is 65. The van der Waals surface area contributed by atoms with Gasteiger partial charge in [-0.15, -0.1) is 0 Å². The van der Waals surface area contributed by atoms with Gasteiger partial charge in [0.2, 0.25) is 5.91 Å². The molecule has 1 aliphatic rings. The lowest BCUT2D eigenvalue weighted by Gasteiger charge is -2.40. The highest BCUT2D eigenvalue weighted by Gasteiger charge is 2.44. The van der Waals surface area contributed by atoms with Gasteiger partial charge in [-0.3, -0.25) is 4.79 Å². The van der Waals surface area contributed by atoms with E-state index in [4.69, 9.17) is 9.47 Å². The smallest absolute Gasteiger partial charge is 0.220 e. The van der Waals surface area contributed by atoms with Crippen LogP contribution >= 0.6 is 0 Å². The molecule has 6 N–H and O–H groups in total. The number of hydrogen-bond acceptors (Lipinski definition) is 8. The molecule has 7 atom stereocenters. The molecule has 486 valence electrons. The second-order valence-corrected chi connectivity index (χ2v) is 25.7. The molecule has 1 heterocycles. The van der Waals surface area contributed by atoms with Gasteiger partial charge in [0.15, 0.2) is 6.29 Å². The molecular formula is C73H141NO8. The van der Waals surface area contributed by atoms with Gasteiger partial charge in [0.05, 0.1) is 25.4 Å². The summed E-state index contributed by atoms with van der Waals surface area (Å²) in [5.74, 6) is -0.136. The second-order valence-electron chi connectivity index (χ2n) is 25.7. The van der Waals surface area contributed by atoms with E-state index in [9.17, 15) is 30.3 Å². The van der Waals surface area contributed by atoms with E-state index in [-0.39, 0.29) is 12.5 Å². The van der Waals surface area contributed by atoms with Crippen molar-refractivity contribution in [2.75, 3.05) is 13.2 Å². The standard InChI is InChI=1S/C73H141NO8/c1-3-5-7-9-11-13-15-17-19-21-23-25-27-28-29-30-31-32-33-34-35-36-37-38-39-40-41-43-45-47-49-51-53-55-57-59-61-63-69(77)74-66(65-81-73-72(80)71(79)70(78)68(64-75)82-73)67(76)62-60-58-56-54-52-50-48-46-44-42-26-24-22-20-18-16-14-12-10-8-6-4-2/h29-30,32-33,66-68,70-73,75-76,78-80H,3-28,31,34-65H2,1-2H3,(H,74,77)/b30-29-,33-32-. The largest absolute Gasteiger partial charge is 0.394 e. The van der Waals surface area contributed by atoms with Crippen LogP contribution in [-0.4, -0.2) is 87.5 Å². The SMILES string of the molecule is CCCCCCCCCCCCCCC/C=C\C/C=C\CCCCCCCCCCCCCCCCCCCC(=O)NC(COC1OC(CO)C(O)C(O)C1O)C(O)CCCCCCCCCCCCCCCCCCCCCCCC. The Bertz CT molecular complexity index is 1340. The average molecular weight is 1160 g/mol. The number of aliphatic hydroxyl groups excluding tert-OH is 5. The van der Waals surface area contributed by atoms with Crippen LogP contribution in [0, 0.1) is 0 Å². The summed E-state index contributed by atoms with van der Waals surface area (Å²) >= 11 is 0. The van der Waals surface area contributed by atoms with E-state index in [2.05, 4.69) is 43.5 Å². The number of carbonyl (C=O) groups excluding carboxylic acids is 1. The van der Waals surface area contributed by atoms with Gasteiger partial charge in [-0.1, -0.05) is 353 Å². The van der Waals surface area contributed by atoms with Gasteiger partial charge < -0.3 is 40.3 Å². The van der Waals surface area contributed by atoms with Crippen molar-refractivity contribution >= 4 is 5.91 Å². The van der Waals surface area contributed by atoms with Crippen LogP contribution < -0.4 is 5.32 Å². The molecule has 9 nitrogen and oxygen atoms in total. The first-order chi connectivity index (χ1) is 40.3. The topological polar surface area (TPSA) is 149 Å². The molecule has 82 heavy (non-hydrogen) atoms. The van der Waals surface area contributed by atoms with Crippen LogP contribution in [0.4, 0.5) is 0 Å². The molecular weight excluding hydrogens is 1020 g/mol. The number of hydrogen-bond donors (Lipinski definition) is 6. The van der Waals surface area contributed by atoms with E-state index in [1.165, 1.54) is 308 Å². The predicted molar refractivity (Wildman–Crippen MR) is 350 cm³/mol. The molecule has 0 aromatic rings. The molecule has 1 saturated heterocycles. The van der Waals surface area contributed by atoms with Crippen LogP contribution in [0.2, 0.25) is 0 Å². The number of amides is 1. The van der Waals surface area contributed by atoms with E-state index in [0.29, 0.717) is 12.8 Å². The van der Waals surface area contributed by atoms with Crippen molar-refractivity contribution in [2.24, 2.45) is 0 Å². The highest BCUT2D eigenvalue weighted by molar-refractivity contribution is 5.76. The van der Waals surface area contributed by atoms with Crippen molar-refractivity contribution in [1.82, 2.24) is 5.32 Å². The van der Waals surface area contributed by atoms with Crippen molar-refractivity contribution < 1.29 is 39.8 Å². The molecule has 7 unspecified atom stereocenters. The number of unbranched alkanes of at least 4 members (excludes halogenated alkanes) is 51. The Hall–Kier alpha value is -1.33. The highest BCUT2D eigenvalue weighted by atomic mass is 16.7. The van der Waals surface area contributed by atoms with Crippen LogP contribution in [0.3, 0.4) is 0 Å². The Labute approximate surface area is 509 Å². The third-order valence-corrected chi connectivity index (χ3v) is 17.8. The molecule has 9 heteroatoms. The Morgan fingerprint density at radius 2 is 0.720 bits per heavy atom.